The summed E-state index contributed by atoms with van der Waals surface area (Å²) in [7, 11) is 0. The Morgan fingerprint density at radius 3 is 2.30 bits per heavy atom. The smallest absolute Gasteiger partial charge is 0.466 e. The Bertz CT molecular complexity index is 573. The monoisotopic (exact) mass is 409 g/mol. The highest BCUT2D eigenvalue weighted by Gasteiger charge is 2.41. The summed E-state index contributed by atoms with van der Waals surface area (Å²) in [4.78, 5) is 14.9. The molecule has 0 unspecified atom stereocenters. The zero-order chi connectivity index (χ0) is 17.8. The van der Waals surface area contributed by atoms with E-state index in [-0.39, 0.29) is 12.3 Å². The third kappa shape index (κ3) is 5.88. The molecule has 0 amide bonds. The van der Waals surface area contributed by atoms with E-state index >= 15 is 0 Å². The van der Waals surface area contributed by atoms with Crippen LogP contribution in [0.2, 0.25) is 0 Å². The van der Waals surface area contributed by atoms with Crippen molar-refractivity contribution in [3.63, 3.8) is 0 Å². The predicted molar refractivity (Wildman–Crippen MR) is 68.9 cm³/mol. The van der Waals surface area contributed by atoms with Gasteiger partial charge in [0.15, 0.2) is 5.75 Å². The van der Waals surface area contributed by atoms with Gasteiger partial charge in [0.05, 0.1) is 24.4 Å². The van der Waals surface area contributed by atoms with E-state index in [2.05, 4.69) is 30.4 Å². The fraction of sp³-hybridized carbons (Fsp3) is 0.500. The van der Waals surface area contributed by atoms with E-state index in [1.54, 1.807) is 0 Å². The lowest BCUT2D eigenvalue weighted by molar-refractivity contribution is -0.276. The van der Waals surface area contributed by atoms with Crippen molar-refractivity contribution in [1.82, 2.24) is 4.98 Å². The predicted octanol–water partition coefficient (Wildman–Crippen LogP) is 4.00. The lowest BCUT2D eigenvalue weighted by Crippen LogP contribution is -2.22. The Balaban J connectivity index is 3.37. The van der Waals surface area contributed by atoms with Crippen molar-refractivity contribution in [1.29, 1.82) is 0 Å². The molecule has 23 heavy (non-hydrogen) atoms. The number of alkyl halides is 7. The fourth-order valence-corrected chi connectivity index (χ4v) is 2.01. The standard InChI is InChI=1S/C12H10BrF6NO3/c1-2-22-9(21)4-6-3-7(11(14,15)16)10(8(5-13)20-6)23-12(17,18)19/h3H,2,4-5H2,1H3. The maximum Gasteiger partial charge on any atom is 0.573 e. The van der Waals surface area contributed by atoms with Gasteiger partial charge in [-0.25, -0.2) is 0 Å². The van der Waals surface area contributed by atoms with E-state index in [4.69, 9.17) is 0 Å². The Kier molecular flexibility index (Phi) is 6.25. The minimum Gasteiger partial charge on any atom is -0.466 e. The molecule has 0 N–H and O–H groups in total. The fourth-order valence-electron chi connectivity index (χ4n) is 1.63. The summed E-state index contributed by atoms with van der Waals surface area (Å²) in [5, 5.41) is -0.432. The van der Waals surface area contributed by atoms with E-state index in [1.165, 1.54) is 6.92 Å². The first kappa shape index (κ1) is 19.5. The molecule has 0 atom stereocenters. The Morgan fingerprint density at radius 2 is 1.87 bits per heavy atom. The van der Waals surface area contributed by atoms with Crippen molar-refractivity contribution >= 4 is 21.9 Å². The van der Waals surface area contributed by atoms with Gasteiger partial charge in [-0.3, -0.25) is 9.78 Å². The highest BCUT2D eigenvalue weighted by Crippen LogP contribution is 2.41. The Labute approximate surface area is 134 Å². The molecule has 0 aromatic carbocycles. The van der Waals surface area contributed by atoms with Gasteiger partial charge in [-0.05, 0) is 13.0 Å². The van der Waals surface area contributed by atoms with E-state index < -0.39 is 47.3 Å². The molecule has 0 saturated heterocycles. The molecule has 0 aliphatic heterocycles. The highest BCUT2D eigenvalue weighted by atomic mass is 79.9. The maximum absolute atomic E-state index is 13.0. The molecular formula is C12H10BrF6NO3. The van der Waals surface area contributed by atoms with Crippen molar-refractivity contribution in [2.24, 2.45) is 0 Å². The number of esters is 1. The third-order valence-electron chi connectivity index (χ3n) is 2.38. The van der Waals surface area contributed by atoms with Crippen LogP contribution in [0.25, 0.3) is 0 Å². The van der Waals surface area contributed by atoms with E-state index in [0.717, 1.165) is 0 Å². The zero-order valence-corrected chi connectivity index (χ0v) is 13.1. The molecule has 1 heterocycles. The average Bonchev–Trinajstić information content (AvgIpc) is 2.37. The van der Waals surface area contributed by atoms with Gasteiger partial charge < -0.3 is 9.47 Å². The van der Waals surface area contributed by atoms with Crippen LogP contribution in [0.4, 0.5) is 26.3 Å². The van der Waals surface area contributed by atoms with Gasteiger partial charge in [0.2, 0.25) is 0 Å². The molecule has 0 fully saturated rings. The number of pyridine rings is 1. The Morgan fingerprint density at radius 1 is 1.26 bits per heavy atom. The normalized spacial score (nSPS) is 12.2. The van der Waals surface area contributed by atoms with Crippen LogP contribution in [0, 0.1) is 0 Å². The number of carbonyl (C=O) groups is 1. The number of carbonyl (C=O) groups excluding carboxylic acids is 1. The van der Waals surface area contributed by atoms with Crippen molar-refractivity contribution in [3.05, 3.63) is 23.0 Å². The van der Waals surface area contributed by atoms with Crippen LogP contribution in [0.15, 0.2) is 6.07 Å². The van der Waals surface area contributed by atoms with Crippen LogP contribution < -0.4 is 4.74 Å². The number of nitrogens with zero attached hydrogens (tertiary/aromatic N) is 1. The second-order valence-corrected chi connectivity index (χ2v) is 4.66. The first-order valence-electron chi connectivity index (χ1n) is 6.05. The van der Waals surface area contributed by atoms with E-state index in [9.17, 15) is 31.1 Å². The minimum atomic E-state index is -5.32. The van der Waals surface area contributed by atoms with Gasteiger partial charge in [-0.15, -0.1) is 13.2 Å². The van der Waals surface area contributed by atoms with Crippen LogP contribution >= 0.6 is 15.9 Å². The molecule has 1 rings (SSSR count). The maximum atomic E-state index is 13.0. The molecule has 130 valence electrons. The number of hydrogen-bond acceptors (Lipinski definition) is 4. The first-order chi connectivity index (χ1) is 10.5. The average molecular weight is 410 g/mol. The highest BCUT2D eigenvalue weighted by molar-refractivity contribution is 9.08. The molecule has 0 radical (unpaired) electrons. The number of hydrogen-bond donors (Lipinski definition) is 0. The van der Waals surface area contributed by atoms with E-state index in [1.807, 2.05) is 0 Å². The number of rotatable bonds is 5. The van der Waals surface area contributed by atoms with Crippen molar-refractivity contribution in [3.8, 4) is 5.75 Å². The second kappa shape index (κ2) is 7.37. The van der Waals surface area contributed by atoms with Crippen molar-refractivity contribution < 1.29 is 40.6 Å². The number of aromatic nitrogens is 1. The zero-order valence-electron chi connectivity index (χ0n) is 11.5. The quantitative estimate of drug-likeness (QED) is 0.419. The molecule has 4 nitrogen and oxygen atoms in total. The summed E-state index contributed by atoms with van der Waals surface area (Å²) in [6.45, 7) is 1.50. The lowest BCUT2D eigenvalue weighted by Gasteiger charge is -2.18. The molecular weight excluding hydrogens is 400 g/mol. The molecule has 0 spiro atoms. The molecule has 0 aliphatic rings. The van der Waals surface area contributed by atoms with Crippen LogP contribution in [-0.4, -0.2) is 23.9 Å². The molecule has 11 heteroatoms. The van der Waals surface area contributed by atoms with Crippen LogP contribution in [0.3, 0.4) is 0 Å². The molecule has 1 aromatic heterocycles. The third-order valence-corrected chi connectivity index (χ3v) is 2.91. The van der Waals surface area contributed by atoms with Gasteiger partial charge in [0.25, 0.3) is 0 Å². The minimum absolute atomic E-state index is 0.00549. The summed E-state index contributed by atoms with van der Waals surface area (Å²) in [5.74, 6) is -2.30. The van der Waals surface area contributed by atoms with Gasteiger partial charge in [0.1, 0.15) is 5.56 Å². The molecule has 0 bridgehead atoms. The summed E-state index contributed by atoms with van der Waals surface area (Å²) < 4.78 is 84.0. The van der Waals surface area contributed by atoms with E-state index in [0.29, 0.717) is 6.07 Å². The molecule has 0 aliphatic carbocycles. The Hall–Kier alpha value is -1.52. The lowest BCUT2D eigenvalue weighted by atomic mass is 10.1. The summed E-state index contributed by atoms with van der Waals surface area (Å²) in [5.41, 5.74) is -2.67. The SMILES string of the molecule is CCOC(=O)Cc1cc(C(F)(F)F)c(OC(F)(F)F)c(CBr)n1. The number of halogens is 7. The summed E-state index contributed by atoms with van der Waals surface area (Å²) in [6, 6.07) is 0.337. The largest absolute Gasteiger partial charge is 0.573 e. The van der Waals surface area contributed by atoms with Gasteiger partial charge in [-0.2, -0.15) is 13.2 Å². The van der Waals surface area contributed by atoms with Gasteiger partial charge in [-0.1, -0.05) is 15.9 Å². The van der Waals surface area contributed by atoms with Crippen LogP contribution in [0.1, 0.15) is 23.9 Å². The van der Waals surface area contributed by atoms with Crippen molar-refractivity contribution in [2.75, 3.05) is 6.61 Å². The molecule has 0 saturated carbocycles. The van der Waals surface area contributed by atoms with Crippen molar-refractivity contribution in [2.45, 2.75) is 31.2 Å². The summed E-state index contributed by atoms with van der Waals surface area (Å²) >= 11 is 2.75. The summed E-state index contributed by atoms with van der Waals surface area (Å²) in [6.07, 6.45) is -11.0. The molecule has 1 aromatic rings. The van der Waals surface area contributed by atoms with Gasteiger partial charge >= 0.3 is 18.5 Å². The van der Waals surface area contributed by atoms with Crippen LogP contribution in [0.5, 0.6) is 5.75 Å². The second-order valence-electron chi connectivity index (χ2n) is 4.10. The topological polar surface area (TPSA) is 48.4 Å². The first-order valence-corrected chi connectivity index (χ1v) is 7.17. The van der Waals surface area contributed by atoms with Gasteiger partial charge in [0, 0.05) is 5.33 Å². The number of ether oxygens (including phenoxy) is 2. The van der Waals surface area contributed by atoms with Crippen LogP contribution in [-0.2, 0) is 27.5 Å².